The maximum Gasteiger partial charge on any atom is 0.212 e. The van der Waals surface area contributed by atoms with Crippen molar-refractivity contribution in [3.8, 4) is 5.88 Å². The second-order valence-corrected chi connectivity index (χ2v) is 3.20. The summed E-state index contributed by atoms with van der Waals surface area (Å²) in [6, 6.07) is 3.74. The van der Waals surface area contributed by atoms with E-state index >= 15 is 0 Å². The summed E-state index contributed by atoms with van der Waals surface area (Å²) in [5.74, 6) is 0.715. The van der Waals surface area contributed by atoms with Gasteiger partial charge in [-0.15, -0.1) is 0 Å². The van der Waals surface area contributed by atoms with Crippen LogP contribution in [0.3, 0.4) is 0 Å². The molecule has 1 aromatic rings. The summed E-state index contributed by atoms with van der Waals surface area (Å²) in [7, 11) is 1.58. The maximum absolute atomic E-state index is 8.96. The minimum absolute atomic E-state index is 0.114. The van der Waals surface area contributed by atoms with Crippen molar-refractivity contribution in [2.24, 2.45) is 11.7 Å². The molecule has 0 amide bonds. The van der Waals surface area contributed by atoms with E-state index in [4.69, 9.17) is 15.6 Å². The Morgan fingerprint density at radius 3 is 2.79 bits per heavy atom. The lowest BCUT2D eigenvalue weighted by Crippen LogP contribution is -2.20. The summed E-state index contributed by atoms with van der Waals surface area (Å²) < 4.78 is 4.94. The Morgan fingerprint density at radius 2 is 2.36 bits per heavy atom. The van der Waals surface area contributed by atoms with E-state index in [0.29, 0.717) is 12.4 Å². The third kappa shape index (κ3) is 2.97. The first-order valence-corrected chi connectivity index (χ1v) is 4.60. The second-order valence-electron chi connectivity index (χ2n) is 3.20. The van der Waals surface area contributed by atoms with E-state index in [-0.39, 0.29) is 12.5 Å². The molecule has 0 saturated carbocycles. The Balaban J connectivity index is 2.58. The molecule has 0 fully saturated rings. The summed E-state index contributed by atoms with van der Waals surface area (Å²) in [6.07, 6.45) is 2.50. The molecule has 0 aliphatic rings. The minimum atomic E-state index is 0.114. The van der Waals surface area contributed by atoms with Crippen LogP contribution in [0.1, 0.15) is 5.56 Å². The molecule has 14 heavy (non-hydrogen) atoms. The number of nitrogens with zero attached hydrogens (tertiary/aromatic N) is 1. The van der Waals surface area contributed by atoms with Gasteiger partial charge >= 0.3 is 0 Å². The van der Waals surface area contributed by atoms with Crippen molar-refractivity contribution in [3.05, 3.63) is 23.9 Å². The molecule has 1 unspecified atom stereocenters. The third-order valence-electron chi connectivity index (χ3n) is 2.12. The van der Waals surface area contributed by atoms with Crippen LogP contribution in [-0.2, 0) is 6.42 Å². The average Bonchev–Trinajstić information content (AvgIpc) is 2.26. The number of methoxy groups -OCH3 is 1. The lowest BCUT2D eigenvalue weighted by Gasteiger charge is -2.10. The van der Waals surface area contributed by atoms with Crippen molar-refractivity contribution in [3.63, 3.8) is 0 Å². The maximum atomic E-state index is 8.96. The van der Waals surface area contributed by atoms with Crippen LogP contribution in [-0.4, -0.2) is 30.4 Å². The van der Waals surface area contributed by atoms with Crippen LogP contribution in [0.25, 0.3) is 0 Å². The first kappa shape index (κ1) is 10.9. The van der Waals surface area contributed by atoms with Crippen molar-refractivity contribution in [1.82, 2.24) is 4.98 Å². The molecule has 4 nitrogen and oxygen atoms in total. The Morgan fingerprint density at radius 1 is 1.57 bits per heavy atom. The molecule has 1 heterocycles. The standard InChI is InChI=1S/C10H16N2O2/c1-14-10-3-2-8(6-12-10)4-9(5-11)7-13/h2-3,6,9,13H,4-5,7,11H2,1H3. The van der Waals surface area contributed by atoms with E-state index in [9.17, 15) is 0 Å². The number of rotatable bonds is 5. The fourth-order valence-electron chi connectivity index (χ4n) is 1.21. The van der Waals surface area contributed by atoms with Crippen molar-refractivity contribution in [1.29, 1.82) is 0 Å². The van der Waals surface area contributed by atoms with Crippen molar-refractivity contribution in [2.45, 2.75) is 6.42 Å². The third-order valence-corrected chi connectivity index (χ3v) is 2.12. The van der Waals surface area contributed by atoms with E-state index in [1.165, 1.54) is 0 Å². The molecular formula is C10H16N2O2. The van der Waals surface area contributed by atoms with Crippen LogP contribution in [0.4, 0.5) is 0 Å². The molecule has 0 saturated heterocycles. The molecule has 78 valence electrons. The predicted molar refractivity (Wildman–Crippen MR) is 54.1 cm³/mol. The lowest BCUT2D eigenvalue weighted by molar-refractivity contribution is 0.229. The van der Waals surface area contributed by atoms with Gasteiger partial charge in [0, 0.05) is 18.9 Å². The normalized spacial score (nSPS) is 12.5. The van der Waals surface area contributed by atoms with Gasteiger partial charge in [0.2, 0.25) is 5.88 Å². The number of aromatic nitrogens is 1. The average molecular weight is 196 g/mol. The van der Waals surface area contributed by atoms with Crippen LogP contribution in [0, 0.1) is 5.92 Å². The molecule has 0 bridgehead atoms. The van der Waals surface area contributed by atoms with Gasteiger partial charge < -0.3 is 15.6 Å². The zero-order valence-corrected chi connectivity index (χ0v) is 8.31. The highest BCUT2D eigenvalue weighted by Crippen LogP contribution is 2.10. The Kier molecular flexibility index (Phi) is 4.35. The quantitative estimate of drug-likeness (QED) is 0.706. The van der Waals surface area contributed by atoms with Gasteiger partial charge in [-0.25, -0.2) is 4.98 Å². The number of hydrogen-bond acceptors (Lipinski definition) is 4. The van der Waals surface area contributed by atoms with Gasteiger partial charge in [0.1, 0.15) is 0 Å². The van der Waals surface area contributed by atoms with E-state index < -0.39 is 0 Å². The summed E-state index contributed by atoms with van der Waals surface area (Å²) >= 11 is 0. The summed E-state index contributed by atoms with van der Waals surface area (Å²) in [6.45, 7) is 0.602. The number of ether oxygens (including phenoxy) is 1. The van der Waals surface area contributed by atoms with E-state index in [0.717, 1.165) is 12.0 Å². The van der Waals surface area contributed by atoms with Gasteiger partial charge in [0.25, 0.3) is 0 Å². The Hall–Kier alpha value is -1.13. The molecule has 1 rings (SSSR count). The number of pyridine rings is 1. The van der Waals surface area contributed by atoms with Crippen LogP contribution in [0.2, 0.25) is 0 Å². The monoisotopic (exact) mass is 196 g/mol. The molecule has 1 aromatic heterocycles. The lowest BCUT2D eigenvalue weighted by atomic mass is 10.0. The first-order chi connectivity index (χ1) is 6.80. The largest absolute Gasteiger partial charge is 0.481 e. The molecule has 4 heteroatoms. The Bertz CT molecular complexity index is 257. The molecule has 3 N–H and O–H groups in total. The number of aliphatic hydroxyl groups excluding tert-OH is 1. The number of aliphatic hydroxyl groups is 1. The van der Waals surface area contributed by atoms with Gasteiger partial charge in [-0.1, -0.05) is 6.07 Å². The molecule has 0 spiro atoms. The molecule has 1 atom stereocenters. The van der Waals surface area contributed by atoms with Gasteiger partial charge in [-0.05, 0) is 24.4 Å². The Labute approximate surface area is 83.7 Å². The van der Waals surface area contributed by atoms with Gasteiger partial charge in [-0.3, -0.25) is 0 Å². The zero-order valence-electron chi connectivity index (χ0n) is 8.31. The molecular weight excluding hydrogens is 180 g/mol. The number of hydrogen-bond donors (Lipinski definition) is 2. The van der Waals surface area contributed by atoms with Gasteiger partial charge in [0.15, 0.2) is 0 Å². The molecule has 0 aliphatic carbocycles. The van der Waals surface area contributed by atoms with Crippen molar-refractivity contribution < 1.29 is 9.84 Å². The summed E-state index contributed by atoms with van der Waals surface area (Å²) in [5.41, 5.74) is 6.55. The van der Waals surface area contributed by atoms with Crippen LogP contribution < -0.4 is 10.5 Å². The van der Waals surface area contributed by atoms with Crippen molar-refractivity contribution in [2.75, 3.05) is 20.3 Å². The highest BCUT2D eigenvalue weighted by molar-refractivity contribution is 5.18. The zero-order chi connectivity index (χ0) is 10.4. The van der Waals surface area contributed by atoms with E-state index in [1.54, 1.807) is 19.4 Å². The SMILES string of the molecule is COc1ccc(CC(CN)CO)cn1. The van der Waals surface area contributed by atoms with Crippen LogP contribution in [0.15, 0.2) is 18.3 Å². The van der Waals surface area contributed by atoms with E-state index in [1.807, 2.05) is 6.07 Å². The second kappa shape index (κ2) is 5.57. The molecule has 0 radical (unpaired) electrons. The van der Waals surface area contributed by atoms with Crippen LogP contribution in [0.5, 0.6) is 5.88 Å². The highest BCUT2D eigenvalue weighted by atomic mass is 16.5. The van der Waals surface area contributed by atoms with Gasteiger partial charge in [-0.2, -0.15) is 0 Å². The fourth-order valence-corrected chi connectivity index (χ4v) is 1.21. The topological polar surface area (TPSA) is 68.4 Å². The molecule has 0 aliphatic heterocycles. The minimum Gasteiger partial charge on any atom is -0.481 e. The highest BCUT2D eigenvalue weighted by Gasteiger charge is 2.06. The fraction of sp³-hybridized carbons (Fsp3) is 0.500. The predicted octanol–water partition coefficient (Wildman–Crippen LogP) is 0.200. The van der Waals surface area contributed by atoms with Gasteiger partial charge in [0.05, 0.1) is 7.11 Å². The first-order valence-electron chi connectivity index (χ1n) is 4.60. The molecule has 0 aromatic carbocycles. The van der Waals surface area contributed by atoms with Crippen molar-refractivity contribution >= 4 is 0 Å². The smallest absolute Gasteiger partial charge is 0.212 e. The summed E-state index contributed by atoms with van der Waals surface area (Å²) in [5, 5.41) is 8.96. The summed E-state index contributed by atoms with van der Waals surface area (Å²) in [4.78, 5) is 4.07. The van der Waals surface area contributed by atoms with E-state index in [2.05, 4.69) is 4.98 Å². The van der Waals surface area contributed by atoms with Crippen LogP contribution >= 0.6 is 0 Å². The number of nitrogens with two attached hydrogens (primary N) is 1.